The lowest BCUT2D eigenvalue weighted by Gasteiger charge is -2.08. The highest BCUT2D eigenvalue weighted by Gasteiger charge is 2.32. The van der Waals surface area contributed by atoms with Crippen molar-refractivity contribution in [3.05, 3.63) is 28.2 Å². The van der Waals surface area contributed by atoms with E-state index in [-0.39, 0.29) is 17.3 Å². The Morgan fingerprint density at radius 2 is 2.19 bits per heavy atom. The molecule has 0 aromatic heterocycles. The van der Waals surface area contributed by atoms with Gasteiger partial charge in [-0.05, 0) is 31.5 Å². The maximum absolute atomic E-state index is 11.9. The van der Waals surface area contributed by atoms with Crippen LogP contribution in [-0.4, -0.2) is 36.6 Å². The van der Waals surface area contributed by atoms with Crippen molar-refractivity contribution in [2.45, 2.75) is 13.3 Å². The smallest absolute Gasteiger partial charge is 0.244 e. The molecule has 2 rings (SSSR count). The van der Waals surface area contributed by atoms with Crippen LogP contribution in [0, 0.1) is 5.92 Å². The van der Waals surface area contributed by atoms with Crippen molar-refractivity contribution < 1.29 is 18.3 Å². The fourth-order valence-electron chi connectivity index (χ4n) is 2.09. The topological polar surface area (TPSA) is 95.8 Å². The minimum absolute atomic E-state index is 0.0419. The van der Waals surface area contributed by atoms with Crippen molar-refractivity contribution in [1.82, 2.24) is 5.43 Å². The molecule has 0 bridgehead atoms. The van der Waals surface area contributed by atoms with Crippen LogP contribution in [0.2, 0.25) is 0 Å². The lowest BCUT2D eigenvalue weighted by atomic mass is 10.1. The molecule has 8 heteroatoms. The third-order valence-corrected chi connectivity index (χ3v) is 5.55. The van der Waals surface area contributed by atoms with E-state index in [0.717, 1.165) is 4.47 Å². The summed E-state index contributed by atoms with van der Waals surface area (Å²) in [5.74, 6) is -1.000. The molecule has 1 aliphatic heterocycles. The largest absolute Gasteiger partial charge is 0.507 e. The second-order valence-electron chi connectivity index (χ2n) is 4.93. The lowest BCUT2D eigenvalue weighted by molar-refractivity contribution is -0.124. The number of sulfone groups is 1. The second-order valence-corrected chi connectivity index (χ2v) is 8.08. The van der Waals surface area contributed by atoms with Crippen LogP contribution in [0.1, 0.15) is 18.9 Å². The van der Waals surface area contributed by atoms with Crippen LogP contribution in [0.4, 0.5) is 0 Å². The Bertz CT molecular complexity index is 700. The summed E-state index contributed by atoms with van der Waals surface area (Å²) in [6, 6.07) is 4.89. The predicted molar refractivity (Wildman–Crippen MR) is 82.9 cm³/mol. The Hall–Kier alpha value is -1.41. The van der Waals surface area contributed by atoms with Gasteiger partial charge in [0.1, 0.15) is 5.75 Å². The van der Waals surface area contributed by atoms with Gasteiger partial charge in [-0.25, -0.2) is 13.8 Å². The van der Waals surface area contributed by atoms with Crippen LogP contribution in [0.5, 0.6) is 5.75 Å². The Labute approximate surface area is 131 Å². The number of nitrogens with zero attached hydrogens (tertiary/aromatic N) is 1. The molecular formula is C13H15BrN2O4S. The number of phenols is 1. The molecule has 0 spiro atoms. The number of phenolic OH excluding ortho intramolecular Hbond substituents is 1. The quantitative estimate of drug-likeness (QED) is 0.617. The van der Waals surface area contributed by atoms with E-state index in [4.69, 9.17) is 0 Å². The summed E-state index contributed by atoms with van der Waals surface area (Å²) in [7, 11) is -3.10. The number of nitrogens with one attached hydrogen (secondary N) is 1. The number of hydrogen-bond acceptors (Lipinski definition) is 5. The van der Waals surface area contributed by atoms with E-state index >= 15 is 0 Å². The Morgan fingerprint density at radius 1 is 1.48 bits per heavy atom. The highest BCUT2D eigenvalue weighted by atomic mass is 79.9. The molecule has 21 heavy (non-hydrogen) atoms. The summed E-state index contributed by atoms with van der Waals surface area (Å²) in [4.78, 5) is 11.9. The van der Waals surface area contributed by atoms with E-state index in [1.165, 1.54) is 6.07 Å². The molecule has 0 saturated carbocycles. The van der Waals surface area contributed by atoms with Crippen molar-refractivity contribution >= 4 is 37.4 Å². The Morgan fingerprint density at radius 3 is 2.81 bits per heavy atom. The summed E-state index contributed by atoms with van der Waals surface area (Å²) in [6.45, 7) is 1.65. The van der Waals surface area contributed by atoms with Crippen molar-refractivity contribution in [2.75, 3.05) is 11.5 Å². The van der Waals surface area contributed by atoms with Gasteiger partial charge in [-0.15, -0.1) is 0 Å². The van der Waals surface area contributed by atoms with E-state index in [1.54, 1.807) is 19.1 Å². The Kier molecular flexibility index (Phi) is 4.67. The van der Waals surface area contributed by atoms with Gasteiger partial charge in [0.05, 0.1) is 23.1 Å². The van der Waals surface area contributed by atoms with Crippen molar-refractivity contribution in [3.8, 4) is 5.75 Å². The zero-order chi connectivity index (χ0) is 15.6. The predicted octanol–water partition coefficient (Wildman–Crippen LogP) is 1.43. The summed E-state index contributed by atoms with van der Waals surface area (Å²) < 4.78 is 23.4. The SMILES string of the molecule is C/C(=N\NC(=O)[C@@H]1CCS(=O)(=O)C1)c1cc(Br)ccc1O. The van der Waals surface area contributed by atoms with Crippen molar-refractivity contribution in [2.24, 2.45) is 11.0 Å². The third kappa shape index (κ3) is 4.04. The van der Waals surface area contributed by atoms with Gasteiger partial charge in [-0.2, -0.15) is 5.10 Å². The number of hydrazone groups is 1. The first kappa shape index (κ1) is 16.0. The van der Waals surface area contributed by atoms with Gasteiger partial charge in [0.25, 0.3) is 0 Å². The van der Waals surface area contributed by atoms with Gasteiger partial charge >= 0.3 is 0 Å². The number of hydrogen-bond donors (Lipinski definition) is 2. The molecule has 1 heterocycles. The van der Waals surface area contributed by atoms with Crippen LogP contribution in [0.3, 0.4) is 0 Å². The Balaban J connectivity index is 2.07. The van der Waals surface area contributed by atoms with Crippen LogP contribution in [0.25, 0.3) is 0 Å². The highest BCUT2D eigenvalue weighted by Crippen LogP contribution is 2.22. The molecule has 1 fully saturated rings. The number of rotatable bonds is 3. The van der Waals surface area contributed by atoms with E-state index in [2.05, 4.69) is 26.5 Å². The number of carbonyl (C=O) groups is 1. The van der Waals surface area contributed by atoms with Crippen LogP contribution in [-0.2, 0) is 14.6 Å². The first-order valence-corrected chi connectivity index (χ1v) is 8.93. The molecule has 1 atom stereocenters. The summed E-state index contributed by atoms with van der Waals surface area (Å²) >= 11 is 3.29. The summed E-state index contributed by atoms with van der Waals surface area (Å²) in [6.07, 6.45) is 0.324. The van der Waals surface area contributed by atoms with Gasteiger partial charge in [0.15, 0.2) is 9.84 Å². The maximum Gasteiger partial charge on any atom is 0.244 e. The molecule has 0 radical (unpaired) electrons. The molecule has 1 aliphatic rings. The third-order valence-electron chi connectivity index (χ3n) is 3.29. The van der Waals surface area contributed by atoms with Gasteiger partial charge in [0.2, 0.25) is 5.91 Å². The van der Waals surface area contributed by atoms with E-state index in [9.17, 15) is 18.3 Å². The van der Waals surface area contributed by atoms with E-state index < -0.39 is 21.7 Å². The number of halogens is 1. The maximum atomic E-state index is 11.9. The summed E-state index contributed by atoms with van der Waals surface area (Å²) in [5, 5.41) is 13.7. The summed E-state index contributed by atoms with van der Waals surface area (Å²) in [5.41, 5.74) is 3.29. The molecular weight excluding hydrogens is 360 g/mol. The zero-order valence-corrected chi connectivity index (χ0v) is 13.7. The zero-order valence-electron chi connectivity index (χ0n) is 11.3. The van der Waals surface area contributed by atoms with Crippen molar-refractivity contribution in [3.63, 3.8) is 0 Å². The van der Waals surface area contributed by atoms with Crippen molar-refractivity contribution in [1.29, 1.82) is 0 Å². The van der Waals surface area contributed by atoms with Crippen LogP contribution >= 0.6 is 15.9 Å². The standard InChI is InChI=1S/C13H15BrN2O4S/c1-8(11-6-10(14)2-3-12(11)17)15-16-13(18)9-4-5-21(19,20)7-9/h2-3,6,9,17H,4-5,7H2,1H3,(H,16,18)/b15-8+/t9-/m1/s1. The molecule has 114 valence electrons. The van der Waals surface area contributed by atoms with Crippen LogP contribution in [0.15, 0.2) is 27.8 Å². The first-order valence-electron chi connectivity index (χ1n) is 6.32. The minimum atomic E-state index is -3.10. The van der Waals surface area contributed by atoms with Gasteiger partial charge < -0.3 is 5.11 Å². The molecule has 1 aromatic carbocycles. The number of amides is 1. The van der Waals surface area contributed by atoms with Gasteiger partial charge in [0, 0.05) is 10.0 Å². The normalized spacial score (nSPS) is 21.2. The monoisotopic (exact) mass is 374 g/mol. The molecule has 1 amide bonds. The molecule has 1 aromatic rings. The molecule has 1 saturated heterocycles. The minimum Gasteiger partial charge on any atom is -0.507 e. The van der Waals surface area contributed by atoms with E-state index in [0.29, 0.717) is 17.7 Å². The van der Waals surface area contributed by atoms with Crippen LogP contribution < -0.4 is 5.43 Å². The van der Waals surface area contributed by atoms with E-state index in [1.807, 2.05) is 0 Å². The first-order chi connectivity index (χ1) is 9.78. The number of carbonyl (C=O) groups excluding carboxylic acids is 1. The number of aromatic hydroxyl groups is 1. The molecule has 0 unspecified atom stereocenters. The molecule has 2 N–H and O–H groups in total. The lowest BCUT2D eigenvalue weighted by Crippen LogP contribution is -2.28. The number of benzene rings is 1. The fraction of sp³-hybridized carbons (Fsp3) is 0.385. The average molecular weight is 375 g/mol. The fourth-order valence-corrected chi connectivity index (χ4v) is 4.19. The molecule has 6 nitrogen and oxygen atoms in total. The van der Waals surface area contributed by atoms with Gasteiger partial charge in [-0.3, -0.25) is 4.79 Å². The average Bonchev–Trinajstić information content (AvgIpc) is 2.79. The van der Waals surface area contributed by atoms with Gasteiger partial charge in [-0.1, -0.05) is 15.9 Å². The molecule has 0 aliphatic carbocycles. The highest BCUT2D eigenvalue weighted by molar-refractivity contribution is 9.10. The second kappa shape index (κ2) is 6.15.